The number of amides is 1. The number of para-hydroxylation sites is 1. The molecule has 0 unspecified atom stereocenters. The van der Waals surface area contributed by atoms with E-state index in [0.29, 0.717) is 18.4 Å². The van der Waals surface area contributed by atoms with Crippen LogP contribution in [0.2, 0.25) is 0 Å². The lowest BCUT2D eigenvalue weighted by molar-refractivity contribution is -0.119. The molecule has 1 amide bonds. The minimum absolute atomic E-state index is 0.170. The van der Waals surface area contributed by atoms with E-state index in [2.05, 4.69) is 10.4 Å². The number of carbonyl (C=O) groups is 1. The highest BCUT2D eigenvalue weighted by Crippen LogP contribution is 2.38. The molecular weight excluding hydrogens is 330 g/mol. The topological polar surface area (TPSA) is 76.4 Å². The van der Waals surface area contributed by atoms with Crippen molar-refractivity contribution in [3.63, 3.8) is 0 Å². The van der Waals surface area contributed by atoms with Gasteiger partial charge in [0.05, 0.1) is 24.6 Å². The lowest BCUT2D eigenvalue weighted by Gasteiger charge is -2.37. The number of hydrogen-bond donors (Lipinski definition) is 2. The molecule has 2 N–H and O–H groups in total. The van der Waals surface area contributed by atoms with Crippen LogP contribution in [0.25, 0.3) is 6.08 Å². The first-order valence-electron chi connectivity index (χ1n) is 8.71. The number of aromatic nitrogens is 2. The summed E-state index contributed by atoms with van der Waals surface area (Å²) in [7, 11) is 1.85. The van der Waals surface area contributed by atoms with Gasteiger partial charge in [0.15, 0.2) is 0 Å². The Balaban J connectivity index is 1.57. The Hall–Kier alpha value is -2.86. The minimum atomic E-state index is -0.284. The van der Waals surface area contributed by atoms with Gasteiger partial charge in [-0.1, -0.05) is 18.2 Å². The molecule has 26 heavy (non-hydrogen) atoms. The molecule has 0 bridgehead atoms. The average molecular weight is 351 g/mol. The predicted octanol–water partition coefficient (Wildman–Crippen LogP) is 2.34. The number of ether oxygens (including phenoxy) is 1. The van der Waals surface area contributed by atoms with Crippen LogP contribution in [-0.4, -0.2) is 26.9 Å². The molecular formula is C20H21N3O3. The van der Waals surface area contributed by atoms with Gasteiger partial charge in [-0.3, -0.25) is 9.48 Å². The van der Waals surface area contributed by atoms with Crippen LogP contribution in [0.3, 0.4) is 0 Å². The van der Waals surface area contributed by atoms with Crippen molar-refractivity contribution in [2.24, 2.45) is 13.0 Å². The SMILES string of the molecule is Cn1cc([C@@H](NC(=O)C2=Cc3ccccc3OC=C2)C2CC(O)C2)cn1. The molecule has 1 aliphatic heterocycles. The Morgan fingerprint density at radius 3 is 2.92 bits per heavy atom. The van der Waals surface area contributed by atoms with Gasteiger partial charge in [0.2, 0.25) is 0 Å². The Morgan fingerprint density at radius 1 is 1.38 bits per heavy atom. The molecule has 1 aromatic heterocycles. The smallest absolute Gasteiger partial charge is 0.251 e. The number of hydrogen-bond acceptors (Lipinski definition) is 4. The summed E-state index contributed by atoms with van der Waals surface area (Å²) in [6, 6.07) is 7.41. The predicted molar refractivity (Wildman–Crippen MR) is 97.0 cm³/mol. The Labute approximate surface area is 151 Å². The molecule has 0 spiro atoms. The van der Waals surface area contributed by atoms with E-state index < -0.39 is 0 Å². The van der Waals surface area contributed by atoms with Gasteiger partial charge in [0.25, 0.3) is 5.91 Å². The molecule has 2 heterocycles. The maximum absolute atomic E-state index is 12.9. The van der Waals surface area contributed by atoms with Gasteiger partial charge < -0.3 is 15.2 Å². The third kappa shape index (κ3) is 3.28. The maximum Gasteiger partial charge on any atom is 0.251 e. The quantitative estimate of drug-likeness (QED) is 0.886. The molecule has 2 aliphatic rings. The zero-order valence-electron chi connectivity index (χ0n) is 14.5. The number of benzene rings is 1. The van der Waals surface area contributed by atoms with Crippen molar-refractivity contribution >= 4 is 12.0 Å². The molecule has 1 aliphatic carbocycles. The van der Waals surface area contributed by atoms with Crippen molar-refractivity contribution in [3.05, 3.63) is 65.7 Å². The number of fused-ring (bicyclic) bond motifs is 1. The average Bonchev–Trinajstić information content (AvgIpc) is 2.91. The second-order valence-electron chi connectivity index (χ2n) is 6.84. The lowest BCUT2D eigenvalue weighted by atomic mass is 9.75. The fraction of sp³-hybridized carbons (Fsp3) is 0.300. The van der Waals surface area contributed by atoms with Gasteiger partial charge in [-0.15, -0.1) is 0 Å². The van der Waals surface area contributed by atoms with Crippen LogP contribution in [0.4, 0.5) is 0 Å². The fourth-order valence-electron chi connectivity index (χ4n) is 3.45. The van der Waals surface area contributed by atoms with E-state index in [1.165, 1.54) is 6.26 Å². The summed E-state index contributed by atoms with van der Waals surface area (Å²) in [6.45, 7) is 0. The highest BCUT2D eigenvalue weighted by molar-refractivity contribution is 6.01. The molecule has 1 atom stereocenters. The van der Waals surface area contributed by atoms with E-state index in [1.54, 1.807) is 17.0 Å². The molecule has 1 aromatic carbocycles. The van der Waals surface area contributed by atoms with Crippen LogP contribution in [0.5, 0.6) is 5.75 Å². The van der Waals surface area contributed by atoms with E-state index in [4.69, 9.17) is 4.74 Å². The monoisotopic (exact) mass is 351 g/mol. The van der Waals surface area contributed by atoms with Gasteiger partial charge in [-0.25, -0.2) is 0 Å². The Bertz CT molecular complexity index is 878. The van der Waals surface area contributed by atoms with Crippen LogP contribution < -0.4 is 10.1 Å². The highest BCUT2D eigenvalue weighted by atomic mass is 16.5. The largest absolute Gasteiger partial charge is 0.464 e. The van der Waals surface area contributed by atoms with Crippen LogP contribution in [0, 0.1) is 5.92 Å². The molecule has 2 aromatic rings. The standard InChI is InChI=1S/C20H21N3O3/c1-23-12-16(11-21-23)19(15-9-17(24)10-15)22-20(25)14-6-7-26-18-5-3-2-4-13(18)8-14/h2-8,11-12,15,17,19,24H,9-10H2,1H3,(H,22,25)/t15?,17?,19-/m0/s1. The first-order valence-corrected chi connectivity index (χ1v) is 8.71. The molecule has 1 fully saturated rings. The highest BCUT2D eigenvalue weighted by Gasteiger charge is 2.36. The number of aryl methyl sites for hydroxylation is 1. The zero-order chi connectivity index (χ0) is 18.1. The fourth-order valence-corrected chi connectivity index (χ4v) is 3.45. The van der Waals surface area contributed by atoms with Crippen LogP contribution in [0.15, 0.2) is 54.6 Å². The third-order valence-electron chi connectivity index (χ3n) is 4.93. The third-order valence-corrected chi connectivity index (χ3v) is 4.93. The van der Waals surface area contributed by atoms with Crippen molar-refractivity contribution < 1.29 is 14.6 Å². The molecule has 6 heteroatoms. The minimum Gasteiger partial charge on any atom is -0.464 e. The summed E-state index contributed by atoms with van der Waals surface area (Å²) in [5, 5.41) is 17.0. The first kappa shape index (κ1) is 16.6. The first-order chi connectivity index (χ1) is 12.6. The Kier molecular flexibility index (Phi) is 4.34. The van der Waals surface area contributed by atoms with Crippen molar-refractivity contribution in [1.82, 2.24) is 15.1 Å². The van der Waals surface area contributed by atoms with Crippen molar-refractivity contribution in [2.75, 3.05) is 0 Å². The summed E-state index contributed by atoms with van der Waals surface area (Å²) in [6.07, 6.45) is 9.78. The number of carbonyl (C=O) groups excluding carboxylic acids is 1. The van der Waals surface area contributed by atoms with Gasteiger partial charge in [-0.2, -0.15) is 5.10 Å². The molecule has 134 valence electrons. The summed E-state index contributed by atoms with van der Waals surface area (Å²) < 4.78 is 7.28. The summed E-state index contributed by atoms with van der Waals surface area (Å²) in [4.78, 5) is 12.9. The van der Waals surface area contributed by atoms with E-state index in [1.807, 2.05) is 43.6 Å². The number of aliphatic hydroxyl groups is 1. The van der Waals surface area contributed by atoms with E-state index in [0.717, 1.165) is 16.9 Å². The number of aliphatic hydroxyl groups excluding tert-OH is 1. The van der Waals surface area contributed by atoms with Gasteiger partial charge in [0, 0.05) is 29.9 Å². The van der Waals surface area contributed by atoms with Crippen LogP contribution in [-0.2, 0) is 11.8 Å². The number of rotatable bonds is 4. The molecule has 0 radical (unpaired) electrons. The van der Waals surface area contributed by atoms with Crippen LogP contribution in [0.1, 0.15) is 30.0 Å². The maximum atomic E-state index is 12.9. The molecule has 6 nitrogen and oxygen atoms in total. The van der Waals surface area contributed by atoms with Gasteiger partial charge >= 0.3 is 0 Å². The van der Waals surface area contributed by atoms with Gasteiger partial charge in [0.1, 0.15) is 5.75 Å². The van der Waals surface area contributed by atoms with Crippen LogP contribution >= 0.6 is 0 Å². The van der Waals surface area contributed by atoms with Gasteiger partial charge in [-0.05, 0) is 37.0 Å². The lowest BCUT2D eigenvalue weighted by Crippen LogP contribution is -2.41. The number of nitrogens with one attached hydrogen (secondary N) is 1. The molecule has 1 saturated carbocycles. The molecule has 0 saturated heterocycles. The Morgan fingerprint density at radius 2 is 2.19 bits per heavy atom. The number of nitrogens with zero attached hydrogens (tertiary/aromatic N) is 2. The normalized spacial score (nSPS) is 22.3. The summed E-state index contributed by atoms with van der Waals surface area (Å²) >= 11 is 0. The van der Waals surface area contributed by atoms with E-state index in [9.17, 15) is 9.90 Å². The second kappa shape index (κ2) is 6.80. The van der Waals surface area contributed by atoms with E-state index >= 15 is 0 Å². The second-order valence-corrected chi connectivity index (χ2v) is 6.84. The molecule has 4 rings (SSSR count). The zero-order valence-corrected chi connectivity index (χ0v) is 14.5. The van der Waals surface area contributed by atoms with Crippen molar-refractivity contribution in [1.29, 1.82) is 0 Å². The van der Waals surface area contributed by atoms with E-state index in [-0.39, 0.29) is 24.0 Å². The van der Waals surface area contributed by atoms with Crippen molar-refractivity contribution in [3.8, 4) is 5.75 Å². The summed E-state index contributed by atoms with van der Waals surface area (Å²) in [5.74, 6) is 0.756. The summed E-state index contributed by atoms with van der Waals surface area (Å²) in [5.41, 5.74) is 2.34. The van der Waals surface area contributed by atoms with Crippen molar-refractivity contribution in [2.45, 2.75) is 25.0 Å².